The van der Waals surface area contributed by atoms with E-state index < -0.39 is 5.82 Å². The number of benzene rings is 1. The largest absolute Gasteiger partial charge is 0.506 e. The molecule has 1 aromatic rings. The van der Waals surface area contributed by atoms with Crippen LogP contribution in [0.1, 0.15) is 12.0 Å². The smallest absolute Gasteiger partial charge is 0.141 e. The molecule has 0 atom stereocenters. The summed E-state index contributed by atoms with van der Waals surface area (Å²) in [5.41, 5.74) is 0.309. The lowest BCUT2D eigenvalue weighted by atomic mass is 10.1. The molecule has 0 aliphatic rings. The zero-order valence-corrected chi connectivity index (χ0v) is 8.13. The molecule has 0 unspecified atom stereocenters. The zero-order chi connectivity index (χ0) is 10.6. The Morgan fingerprint density at radius 2 is 2.14 bits per heavy atom. The van der Waals surface area contributed by atoms with Crippen molar-refractivity contribution in [1.29, 1.82) is 0 Å². The molecule has 0 saturated carbocycles. The van der Waals surface area contributed by atoms with Crippen LogP contribution in [0.5, 0.6) is 5.75 Å². The second-order valence-electron chi connectivity index (χ2n) is 2.74. The Morgan fingerprint density at radius 1 is 1.43 bits per heavy atom. The van der Waals surface area contributed by atoms with Crippen molar-refractivity contribution in [3.05, 3.63) is 34.6 Å². The van der Waals surface area contributed by atoms with Crippen LogP contribution < -0.4 is 0 Å². The number of aromatic hydroxyl groups is 1. The van der Waals surface area contributed by atoms with Crippen LogP contribution in [-0.4, -0.2) is 16.8 Å². The number of halogens is 2. The first-order chi connectivity index (χ1) is 6.65. The minimum absolute atomic E-state index is 0.0142. The molecule has 0 bridgehead atoms. The fraction of sp³-hybridized carbons (Fsp3) is 0.200. The highest BCUT2D eigenvalue weighted by Gasteiger charge is 2.05. The van der Waals surface area contributed by atoms with E-state index in [9.17, 15) is 9.50 Å². The van der Waals surface area contributed by atoms with Crippen LogP contribution in [0.3, 0.4) is 0 Å². The van der Waals surface area contributed by atoms with Crippen molar-refractivity contribution >= 4 is 17.7 Å². The van der Waals surface area contributed by atoms with Gasteiger partial charge in [-0.25, -0.2) is 4.39 Å². The maximum absolute atomic E-state index is 12.8. The summed E-state index contributed by atoms with van der Waals surface area (Å²) < 4.78 is 12.8. The summed E-state index contributed by atoms with van der Waals surface area (Å²) in [7, 11) is 0. The van der Waals surface area contributed by atoms with Crippen molar-refractivity contribution in [2.24, 2.45) is 0 Å². The summed E-state index contributed by atoms with van der Waals surface area (Å²) >= 11 is 5.56. The van der Waals surface area contributed by atoms with Crippen LogP contribution in [0.15, 0.2) is 18.2 Å². The molecule has 4 heteroatoms. The normalized spacial score (nSPS) is 11.1. The minimum atomic E-state index is -0.503. The maximum Gasteiger partial charge on any atom is 0.141 e. The molecule has 0 aliphatic heterocycles. The third-order valence-corrected chi connectivity index (χ3v) is 1.94. The fourth-order valence-corrected chi connectivity index (χ4v) is 1.21. The molecule has 1 aromatic carbocycles. The van der Waals surface area contributed by atoms with Gasteiger partial charge in [0.05, 0.1) is 5.02 Å². The highest BCUT2D eigenvalue weighted by atomic mass is 35.5. The van der Waals surface area contributed by atoms with Gasteiger partial charge in [-0.2, -0.15) is 0 Å². The van der Waals surface area contributed by atoms with E-state index in [1.54, 1.807) is 6.08 Å². The molecule has 2 nitrogen and oxygen atoms in total. The monoisotopic (exact) mass is 216 g/mol. The van der Waals surface area contributed by atoms with E-state index in [0.717, 1.165) is 6.07 Å². The molecular formula is C10H10ClFO2. The lowest BCUT2D eigenvalue weighted by Gasteiger charge is -2.01. The van der Waals surface area contributed by atoms with Gasteiger partial charge in [0.15, 0.2) is 0 Å². The molecule has 0 aliphatic carbocycles. The van der Waals surface area contributed by atoms with Crippen LogP contribution in [0.25, 0.3) is 6.08 Å². The third-order valence-electron chi connectivity index (χ3n) is 1.65. The quantitative estimate of drug-likeness (QED) is 0.815. The fourth-order valence-electron chi connectivity index (χ4n) is 0.998. The first kappa shape index (κ1) is 11.0. The molecular weight excluding hydrogens is 207 g/mol. The number of hydrogen-bond donors (Lipinski definition) is 2. The van der Waals surface area contributed by atoms with Gasteiger partial charge in [-0.05, 0) is 18.6 Å². The Bertz CT molecular complexity index is 350. The molecule has 1 rings (SSSR count). The van der Waals surface area contributed by atoms with Gasteiger partial charge < -0.3 is 10.2 Å². The molecule has 76 valence electrons. The predicted molar refractivity (Wildman–Crippen MR) is 53.8 cm³/mol. The summed E-state index contributed by atoms with van der Waals surface area (Å²) in [6.45, 7) is 0.0142. The number of rotatable bonds is 3. The summed E-state index contributed by atoms with van der Waals surface area (Å²) in [5, 5.41) is 17.9. The average molecular weight is 217 g/mol. The second kappa shape index (κ2) is 4.98. The standard InChI is InChI=1S/C10H10ClFO2/c11-9-6-8(12)5-7(10(9)14)3-1-2-4-13/h1,3,5-6,13-14H,2,4H2. The molecule has 0 radical (unpaired) electrons. The van der Waals surface area contributed by atoms with Crippen LogP contribution in [0.4, 0.5) is 4.39 Å². The highest BCUT2D eigenvalue weighted by molar-refractivity contribution is 6.32. The zero-order valence-electron chi connectivity index (χ0n) is 7.37. The van der Waals surface area contributed by atoms with Crippen LogP contribution in [-0.2, 0) is 0 Å². The van der Waals surface area contributed by atoms with Gasteiger partial charge in [0.1, 0.15) is 11.6 Å². The summed E-state index contributed by atoms with van der Waals surface area (Å²) in [5.74, 6) is -0.654. The van der Waals surface area contributed by atoms with Crippen molar-refractivity contribution in [2.75, 3.05) is 6.61 Å². The molecule has 0 amide bonds. The summed E-state index contributed by atoms with van der Waals surface area (Å²) in [4.78, 5) is 0. The van der Waals surface area contributed by atoms with Crippen molar-refractivity contribution < 1.29 is 14.6 Å². The van der Waals surface area contributed by atoms with Gasteiger partial charge in [0, 0.05) is 12.2 Å². The van der Waals surface area contributed by atoms with Crippen molar-refractivity contribution in [3.8, 4) is 5.75 Å². The molecule has 0 saturated heterocycles. The van der Waals surface area contributed by atoms with Crippen molar-refractivity contribution in [2.45, 2.75) is 6.42 Å². The maximum atomic E-state index is 12.8. The van der Waals surface area contributed by atoms with E-state index in [-0.39, 0.29) is 17.4 Å². The van der Waals surface area contributed by atoms with Gasteiger partial charge in [-0.3, -0.25) is 0 Å². The Morgan fingerprint density at radius 3 is 2.79 bits per heavy atom. The van der Waals surface area contributed by atoms with E-state index in [2.05, 4.69) is 0 Å². The van der Waals surface area contributed by atoms with E-state index in [0.29, 0.717) is 12.0 Å². The van der Waals surface area contributed by atoms with Gasteiger partial charge in [0.2, 0.25) is 0 Å². The van der Waals surface area contributed by atoms with Crippen molar-refractivity contribution in [1.82, 2.24) is 0 Å². The summed E-state index contributed by atoms with van der Waals surface area (Å²) in [6.07, 6.45) is 3.60. The molecule has 0 fully saturated rings. The van der Waals surface area contributed by atoms with E-state index in [4.69, 9.17) is 16.7 Å². The second-order valence-corrected chi connectivity index (χ2v) is 3.15. The first-order valence-electron chi connectivity index (χ1n) is 4.10. The van der Waals surface area contributed by atoms with E-state index in [1.807, 2.05) is 0 Å². The van der Waals surface area contributed by atoms with Crippen LogP contribution >= 0.6 is 11.6 Å². The number of aliphatic hydroxyl groups excluding tert-OH is 1. The highest BCUT2D eigenvalue weighted by Crippen LogP contribution is 2.29. The summed E-state index contributed by atoms with van der Waals surface area (Å²) in [6, 6.07) is 2.22. The number of aliphatic hydroxyl groups is 1. The van der Waals surface area contributed by atoms with Gasteiger partial charge in [0.25, 0.3) is 0 Å². The Labute approximate surface area is 86.3 Å². The SMILES string of the molecule is OCCC=Cc1cc(F)cc(Cl)c1O. The van der Waals surface area contributed by atoms with Crippen LogP contribution in [0.2, 0.25) is 5.02 Å². The Kier molecular flexibility index (Phi) is 3.92. The lowest BCUT2D eigenvalue weighted by Crippen LogP contribution is -1.82. The van der Waals surface area contributed by atoms with Gasteiger partial charge in [-0.1, -0.05) is 23.8 Å². The van der Waals surface area contributed by atoms with E-state index >= 15 is 0 Å². The number of phenolic OH excluding ortho intramolecular Hbond substituents is 1. The van der Waals surface area contributed by atoms with E-state index in [1.165, 1.54) is 12.1 Å². The predicted octanol–water partition coefficient (Wildman–Crippen LogP) is 2.58. The average Bonchev–Trinajstić information content (AvgIpc) is 2.13. The number of hydrogen-bond acceptors (Lipinski definition) is 2. The molecule has 0 heterocycles. The molecule has 2 N–H and O–H groups in total. The topological polar surface area (TPSA) is 40.5 Å². The third kappa shape index (κ3) is 2.72. The number of phenols is 1. The Hall–Kier alpha value is -1.06. The lowest BCUT2D eigenvalue weighted by molar-refractivity contribution is 0.303. The van der Waals surface area contributed by atoms with Gasteiger partial charge >= 0.3 is 0 Å². The Balaban J connectivity index is 2.96. The minimum Gasteiger partial charge on any atom is -0.506 e. The first-order valence-corrected chi connectivity index (χ1v) is 4.48. The molecule has 0 spiro atoms. The molecule has 14 heavy (non-hydrogen) atoms. The molecule has 0 aromatic heterocycles. The van der Waals surface area contributed by atoms with Crippen molar-refractivity contribution in [3.63, 3.8) is 0 Å². The van der Waals surface area contributed by atoms with Crippen LogP contribution in [0, 0.1) is 5.82 Å². The van der Waals surface area contributed by atoms with Gasteiger partial charge in [-0.15, -0.1) is 0 Å².